The zero-order valence-corrected chi connectivity index (χ0v) is 20.9. The molecular formula is C31H29N3O3. The highest BCUT2D eigenvalue weighted by Crippen LogP contribution is 2.27. The lowest BCUT2D eigenvalue weighted by Crippen LogP contribution is -2.17. The highest BCUT2D eigenvalue weighted by Gasteiger charge is 2.17. The zero-order chi connectivity index (χ0) is 25.6. The molecule has 6 nitrogen and oxygen atoms in total. The molecule has 6 heteroatoms. The summed E-state index contributed by atoms with van der Waals surface area (Å²) >= 11 is 0. The summed E-state index contributed by atoms with van der Waals surface area (Å²) in [7, 11) is 3.26. The standard InChI is InChI=1S/C31H29N3O3/c1-36-28-16-13-22(19-29(28)37-2)17-18-32-31(35)25-14-15-26-27(20-25)34(21-23-9-5-3-6-10-23)30(33-26)24-11-7-4-8-12-24/h3-18,20,22H,19,21H2,1-2H3,(H,32,35)/b18-17+. The summed E-state index contributed by atoms with van der Waals surface area (Å²) in [6.45, 7) is 0.652. The third-order valence-corrected chi connectivity index (χ3v) is 6.44. The van der Waals surface area contributed by atoms with Gasteiger partial charge in [-0.2, -0.15) is 0 Å². The van der Waals surface area contributed by atoms with Gasteiger partial charge in [0.05, 0.1) is 25.3 Å². The largest absolute Gasteiger partial charge is 0.497 e. The van der Waals surface area contributed by atoms with Crippen LogP contribution in [0, 0.1) is 5.92 Å². The number of carbonyl (C=O) groups excluding carboxylic acids is 1. The number of methoxy groups -OCH3 is 2. The van der Waals surface area contributed by atoms with Crippen LogP contribution < -0.4 is 5.32 Å². The van der Waals surface area contributed by atoms with Crippen LogP contribution in [-0.4, -0.2) is 29.7 Å². The van der Waals surface area contributed by atoms with Crippen molar-refractivity contribution in [2.75, 3.05) is 14.2 Å². The maximum absolute atomic E-state index is 13.0. The van der Waals surface area contributed by atoms with E-state index in [4.69, 9.17) is 14.5 Å². The normalized spacial score (nSPS) is 15.4. The average molecular weight is 492 g/mol. The summed E-state index contributed by atoms with van der Waals surface area (Å²) in [5.41, 5.74) is 4.53. The van der Waals surface area contributed by atoms with Gasteiger partial charge < -0.3 is 19.4 Å². The molecule has 37 heavy (non-hydrogen) atoms. The van der Waals surface area contributed by atoms with Crippen LogP contribution in [0.2, 0.25) is 0 Å². The van der Waals surface area contributed by atoms with E-state index in [-0.39, 0.29) is 11.8 Å². The van der Waals surface area contributed by atoms with Crippen molar-refractivity contribution in [3.8, 4) is 11.4 Å². The number of aromatic nitrogens is 2. The van der Waals surface area contributed by atoms with Gasteiger partial charge in [-0.25, -0.2) is 4.98 Å². The highest BCUT2D eigenvalue weighted by atomic mass is 16.5. The van der Waals surface area contributed by atoms with Gasteiger partial charge in [0.1, 0.15) is 11.6 Å². The number of rotatable bonds is 8. The van der Waals surface area contributed by atoms with Crippen molar-refractivity contribution in [2.45, 2.75) is 13.0 Å². The van der Waals surface area contributed by atoms with E-state index in [2.05, 4.69) is 34.1 Å². The molecule has 0 radical (unpaired) electrons. The van der Waals surface area contributed by atoms with E-state index in [1.807, 2.05) is 72.8 Å². The number of nitrogens with zero attached hydrogens (tertiary/aromatic N) is 2. The summed E-state index contributed by atoms with van der Waals surface area (Å²) < 4.78 is 12.9. The van der Waals surface area contributed by atoms with E-state index in [1.165, 1.54) is 5.56 Å². The van der Waals surface area contributed by atoms with Crippen molar-refractivity contribution in [3.63, 3.8) is 0 Å². The van der Waals surface area contributed by atoms with Gasteiger partial charge in [-0.1, -0.05) is 72.8 Å². The topological polar surface area (TPSA) is 65.4 Å². The lowest BCUT2D eigenvalue weighted by molar-refractivity contribution is 0.0970. The lowest BCUT2D eigenvalue weighted by Gasteiger charge is -2.18. The first-order chi connectivity index (χ1) is 18.2. The van der Waals surface area contributed by atoms with Crippen molar-refractivity contribution in [2.24, 2.45) is 5.92 Å². The van der Waals surface area contributed by atoms with E-state index in [9.17, 15) is 4.79 Å². The Morgan fingerprint density at radius 1 is 1.03 bits per heavy atom. The third-order valence-electron chi connectivity index (χ3n) is 6.44. The Bertz CT molecular complexity index is 1480. The van der Waals surface area contributed by atoms with Crippen molar-refractivity contribution in [1.29, 1.82) is 0 Å². The number of hydrogen-bond donors (Lipinski definition) is 1. The van der Waals surface area contributed by atoms with Crippen LogP contribution >= 0.6 is 0 Å². The molecule has 1 aliphatic rings. The van der Waals surface area contributed by atoms with Gasteiger partial charge in [-0.05, 0) is 29.8 Å². The maximum atomic E-state index is 13.0. The quantitative estimate of drug-likeness (QED) is 0.325. The Morgan fingerprint density at radius 2 is 1.78 bits per heavy atom. The van der Waals surface area contributed by atoms with Crippen LogP contribution in [0.1, 0.15) is 22.3 Å². The Balaban J connectivity index is 1.40. The minimum Gasteiger partial charge on any atom is -0.497 e. The molecule has 4 aromatic rings. The minimum atomic E-state index is -0.174. The SMILES string of the molecule is COC1=C(OC)CC(/C=C/NC(=O)c2ccc3nc(-c4ccccc4)n(Cc4ccccc4)c3c2)C=C1. The molecule has 0 aliphatic heterocycles. The summed E-state index contributed by atoms with van der Waals surface area (Å²) in [5.74, 6) is 2.33. The first kappa shape index (κ1) is 24.1. The van der Waals surface area contributed by atoms with Gasteiger partial charge in [-0.15, -0.1) is 0 Å². The molecule has 1 N–H and O–H groups in total. The van der Waals surface area contributed by atoms with Gasteiger partial charge in [-0.3, -0.25) is 4.79 Å². The molecule has 0 fully saturated rings. The first-order valence-electron chi connectivity index (χ1n) is 12.2. The third kappa shape index (κ3) is 5.33. The van der Waals surface area contributed by atoms with E-state index in [0.717, 1.165) is 33.9 Å². The van der Waals surface area contributed by atoms with E-state index < -0.39 is 0 Å². The summed E-state index contributed by atoms with van der Waals surface area (Å²) in [5, 5.41) is 2.91. The number of carbonyl (C=O) groups is 1. The van der Waals surface area contributed by atoms with E-state index in [0.29, 0.717) is 18.5 Å². The second-order valence-electron chi connectivity index (χ2n) is 8.83. The molecule has 1 atom stereocenters. The molecule has 1 aromatic heterocycles. The molecule has 186 valence electrons. The lowest BCUT2D eigenvalue weighted by atomic mass is 9.98. The molecule has 0 saturated carbocycles. The number of imidazole rings is 1. The minimum absolute atomic E-state index is 0.109. The first-order valence-corrected chi connectivity index (χ1v) is 12.2. The van der Waals surface area contributed by atoms with E-state index >= 15 is 0 Å². The van der Waals surface area contributed by atoms with Gasteiger partial charge in [0.15, 0.2) is 5.76 Å². The van der Waals surface area contributed by atoms with Gasteiger partial charge >= 0.3 is 0 Å². The number of allylic oxidation sites excluding steroid dienone is 4. The number of ether oxygens (including phenoxy) is 2. The van der Waals surface area contributed by atoms with Crippen LogP contribution in [0.15, 0.2) is 115 Å². The van der Waals surface area contributed by atoms with Crippen LogP contribution in [0.3, 0.4) is 0 Å². The fourth-order valence-corrected chi connectivity index (χ4v) is 4.51. The Labute approximate surface area is 216 Å². The fourth-order valence-electron chi connectivity index (χ4n) is 4.51. The molecule has 0 spiro atoms. The monoisotopic (exact) mass is 491 g/mol. The van der Waals surface area contributed by atoms with Gasteiger partial charge in [0.25, 0.3) is 5.91 Å². The summed E-state index contributed by atoms with van der Waals surface area (Å²) in [6.07, 6.45) is 8.25. The second kappa shape index (κ2) is 11.0. The number of benzene rings is 3. The molecule has 1 unspecified atom stereocenters. The van der Waals surface area contributed by atoms with Crippen LogP contribution in [0.25, 0.3) is 22.4 Å². The smallest absolute Gasteiger partial charge is 0.255 e. The molecule has 1 amide bonds. The van der Waals surface area contributed by atoms with Crippen molar-refractivity contribution >= 4 is 16.9 Å². The predicted molar refractivity (Wildman–Crippen MR) is 146 cm³/mol. The molecule has 0 bridgehead atoms. The van der Waals surface area contributed by atoms with Crippen LogP contribution in [0.5, 0.6) is 0 Å². The van der Waals surface area contributed by atoms with Crippen molar-refractivity contribution in [3.05, 3.63) is 126 Å². The average Bonchev–Trinajstić information content (AvgIpc) is 3.31. The number of hydrogen-bond acceptors (Lipinski definition) is 4. The molecular weight excluding hydrogens is 462 g/mol. The zero-order valence-electron chi connectivity index (χ0n) is 20.9. The van der Waals surface area contributed by atoms with Crippen LogP contribution in [0.4, 0.5) is 0 Å². The van der Waals surface area contributed by atoms with Gasteiger partial charge in [0.2, 0.25) is 0 Å². The summed E-state index contributed by atoms with van der Waals surface area (Å²) in [6, 6.07) is 26.0. The molecule has 5 rings (SSSR count). The highest BCUT2D eigenvalue weighted by molar-refractivity contribution is 5.98. The van der Waals surface area contributed by atoms with Crippen molar-refractivity contribution < 1.29 is 14.3 Å². The maximum Gasteiger partial charge on any atom is 0.255 e. The number of fused-ring (bicyclic) bond motifs is 1. The summed E-state index contributed by atoms with van der Waals surface area (Å²) in [4.78, 5) is 17.9. The Morgan fingerprint density at radius 3 is 2.51 bits per heavy atom. The second-order valence-corrected chi connectivity index (χ2v) is 8.83. The van der Waals surface area contributed by atoms with Crippen LogP contribution in [-0.2, 0) is 16.0 Å². The Hall–Kier alpha value is -4.58. The Kier molecular flexibility index (Phi) is 7.17. The predicted octanol–water partition coefficient (Wildman–Crippen LogP) is 6.08. The van der Waals surface area contributed by atoms with E-state index in [1.54, 1.807) is 20.4 Å². The van der Waals surface area contributed by atoms with Crippen molar-refractivity contribution in [1.82, 2.24) is 14.9 Å². The fraction of sp³-hybridized carbons (Fsp3) is 0.161. The number of amides is 1. The molecule has 1 heterocycles. The van der Waals surface area contributed by atoms with Gasteiger partial charge in [0, 0.05) is 36.2 Å². The molecule has 3 aromatic carbocycles. The molecule has 1 aliphatic carbocycles. The number of nitrogens with one attached hydrogen (secondary N) is 1. The molecule has 0 saturated heterocycles.